The van der Waals surface area contributed by atoms with E-state index in [1.54, 1.807) is 29.6 Å². The van der Waals surface area contributed by atoms with Crippen LogP contribution in [0.1, 0.15) is 42.2 Å². The second-order valence-corrected chi connectivity index (χ2v) is 10.4. The number of rotatable bonds is 7. The predicted octanol–water partition coefficient (Wildman–Crippen LogP) is 5.16. The van der Waals surface area contributed by atoms with Gasteiger partial charge in [-0.05, 0) is 50.6 Å². The van der Waals surface area contributed by atoms with E-state index in [2.05, 4.69) is 5.32 Å². The first-order valence-corrected chi connectivity index (χ1v) is 12.8. The second-order valence-electron chi connectivity index (χ2n) is 7.53. The molecule has 1 atom stereocenters. The molecule has 0 radical (unpaired) electrons. The Hall–Kier alpha value is -2.84. The van der Waals surface area contributed by atoms with Gasteiger partial charge in [0.1, 0.15) is 4.90 Å². The lowest BCUT2D eigenvalue weighted by Crippen LogP contribution is -2.23. The van der Waals surface area contributed by atoms with Crippen molar-refractivity contribution in [1.29, 1.82) is 0 Å². The second kappa shape index (κ2) is 8.96. The summed E-state index contributed by atoms with van der Waals surface area (Å²) < 4.78 is 38.0. The highest BCUT2D eigenvalue weighted by Crippen LogP contribution is 2.47. The molecular weight excluding hydrogens is 446 g/mol. The molecule has 0 spiro atoms. The van der Waals surface area contributed by atoms with Gasteiger partial charge in [-0.2, -0.15) is 0 Å². The molecule has 2 heterocycles. The molecule has 0 aliphatic carbocycles. The minimum atomic E-state index is -3.76. The van der Waals surface area contributed by atoms with E-state index >= 15 is 0 Å². The van der Waals surface area contributed by atoms with Gasteiger partial charge in [0, 0.05) is 22.6 Å². The Morgan fingerprint density at radius 3 is 2.41 bits per heavy atom. The third-order valence-electron chi connectivity index (χ3n) is 5.35. The standard InChI is InChI=1S/C24H25NO5S2/c1-4-29-19-11-8-16(12-20(19)30-5-2)18-13-22(26)25-23-21(14-31-24(18)23)32(27,28)17-9-6-15(3)7-10-17/h6-12,14,18H,4-5,13H2,1-3H3,(H,25,26). The number of hydrogen-bond donors (Lipinski definition) is 1. The van der Waals surface area contributed by atoms with Crippen LogP contribution < -0.4 is 14.8 Å². The molecule has 1 aliphatic heterocycles. The number of fused-ring (bicyclic) bond motifs is 1. The fourth-order valence-electron chi connectivity index (χ4n) is 3.80. The van der Waals surface area contributed by atoms with Crippen molar-refractivity contribution < 1.29 is 22.7 Å². The van der Waals surface area contributed by atoms with Crippen molar-refractivity contribution in [2.45, 2.75) is 42.9 Å². The lowest BCUT2D eigenvalue weighted by molar-refractivity contribution is -0.116. The molecule has 4 rings (SSSR count). The number of hydrogen-bond acceptors (Lipinski definition) is 6. The van der Waals surface area contributed by atoms with Crippen molar-refractivity contribution in [3.63, 3.8) is 0 Å². The fraction of sp³-hybridized carbons (Fsp3) is 0.292. The Morgan fingerprint density at radius 2 is 1.72 bits per heavy atom. The average Bonchev–Trinajstić information content (AvgIpc) is 3.19. The van der Waals surface area contributed by atoms with E-state index in [1.807, 2.05) is 39.0 Å². The minimum Gasteiger partial charge on any atom is -0.490 e. The number of nitrogens with one attached hydrogen (secondary N) is 1. The Morgan fingerprint density at radius 1 is 1.03 bits per heavy atom. The number of carbonyl (C=O) groups is 1. The monoisotopic (exact) mass is 471 g/mol. The van der Waals surface area contributed by atoms with Gasteiger partial charge in [-0.25, -0.2) is 8.42 Å². The van der Waals surface area contributed by atoms with E-state index in [-0.39, 0.29) is 28.0 Å². The molecule has 1 N–H and O–H groups in total. The summed E-state index contributed by atoms with van der Waals surface area (Å²) in [5, 5.41) is 4.42. The third kappa shape index (κ3) is 4.12. The summed E-state index contributed by atoms with van der Waals surface area (Å²) in [6.07, 6.45) is 0.233. The summed E-state index contributed by atoms with van der Waals surface area (Å²) >= 11 is 1.35. The highest BCUT2D eigenvalue weighted by molar-refractivity contribution is 7.91. The number of benzene rings is 2. The van der Waals surface area contributed by atoms with Crippen molar-refractivity contribution in [1.82, 2.24) is 0 Å². The number of thiophene rings is 1. The number of anilines is 1. The molecule has 6 nitrogen and oxygen atoms in total. The zero-order valence-electron chi connectivity index (χ0n) is 18.2. The van der Waals surface area contributed by atoms with Gasteiger partial charge < -0.3 is 14.8 Å². The molecule has 1 aliphatic rings. The van der Waals surface area contributed by atoms with Crippen LogP contribution >= 0.6 is 11.3 Å². The van der Waals surface area contributed by atoms with Crippen LogP contribution in [0.15, 0.2) is 57.6 Å². The van der Waals surface area contributed by atoms with E-state index in [1.165, 1.54) is 11.3 Å². The molecule has 1 aromatic heterocycles. The topological polar surface area (TPSA) is 81.7 Å². The summed E-state index contributed by atoms with van der Waals surface area (Å²) in [5.41, 5.74) is 2.24. The van der Waals surface area contributed by atoms with Gasteiger partial charge in [0.2, 0.25) is 15.7 Å². The summed E-state index contributed by atoms with van der Waals surface area (Å²) in [4.78, 5) is 13.8. The molecule has 0 saturated heterocycles. The maximum Gasteiger partial charge on any atom is 0.225 e. The van der Waals surface area contributed by atoms with Gasteiger partial charge in [-0.3, -0.25) is 4.79 Å². The van der Waals surface area contributed by atoms with Gasteiger partial charge in [0.15, 0.2) is 11.5 Å². The smallest absolute Gasteiger partial charge is 0.225 e. The van der Waals surface area contributed by atoms with Crippen molar-refractivity contribution in [3.8, 4) is 11.5 Å². The third-order valence-corrected chi connectivity index (χ3v) is 8.39. The van der Waals surface area contributed by atoms with E-state index < -0.39 is 9.84 Å². The van der Waals surface area contributed by atoms with Crippen molar-refractivity contribution in [2.75, 3.05) is 18.5 Å². The highest BCUT2D eigenvalue weighted by atomic mass is 32.2. The van der Waals surface area contributed by atoms with Crippen LogP contribution in [0.25, 0.3) is 0 Å². The normalized spacial score (nSPS) is 15.7. The summed E-state index contributed by atoms with van der Waals surface area (Å²) in [5.74, 6) is 0.782. The van der Waals surface area contributed by atoms with Crippen LogP contribution in [0.4, 0.5) is 5.69 Å². The molecule has 3 aromatic rings. The van der Waals surface area contributed by atoms with E-state index in [0.717, 1.165) is 16.0 Å². The summed E-state index contributed by atoms with van der Waals surface area (Å²) in [6, 6.07) is 12.4. The molecule has 0 saturated carbocycles. The molecule has 1 unspecified atom stereocenters. The van der Waals surface area contributed by atoms with Crippen LogP contribution in [0.2, 0.25) is 0 Å². The van der Waals surface area contributed by atoms with Crippen LogP contribution in [-0.4, -0.2) is 27.5 Å². The quantitative estimate of drug-likeness (QED) is 0.515. The van der Waals surface area contributed by atoms with Gasteiger partial charge in [0.25, 0.3) is 0 Å². The first kappa shape index (κ1) is 22.4. The molecule has 1 amide bonds. The molecule has 168 valence electrons. The van der Waals surface area contributed by atoms with E-state index in [0.29, 0.717) is 30.4 Å². The molecule has 2 aromatic carbocycles. The number of amides is 1. The van der Waals surface area contributed by atoms with Crippen LogP contribution in [-0.2, 0) is 14.6 Å². The molecule has 8 heteroatoms. The van der Waals surface area contributed by atoms with Crippen LogP contribution in [0, 0.1) is 6.92 Å². The highest BCUT2D eigenvalue weighted by Gasteiger charge is 2.34. The van der Waals surface area contributed by atoms with E-state index in [4.69, 9.17) is 9.47 Å². The molecule has 32 heavy (non-hydrogen) atoms. The Bertz CT molecular complexity index is 1250. The Labute approximate surface area is 192 Å². The first-order valence-electron chi connectivity index (χ1n) is 10.5. The van der Waals surface area contributed by atoms with Gasteiger partial charge in [-0.15, -0.1) is 11.3 Å². The van der Waals surface area contributed by atoms with Crippen molar-refractivity contribution in [3.05, 3.63) is 63.8 Å². The number of sulfone groups is 1. The van der Waals surface area contributed by atoms with E-state index in [9.17, 15) is 13.2 Å². The molecule has 0 fully saturated rings. The lowest BCUT2D eigenvalue weighted by Gasteiger charge is -2.24. The Kier molecular flexibility index (Phi) is 6.26. The largest absolute Gasteiger partial charge is 0.490 e. The maximum absolute atomic E-state index is 13.3. The Balaban J connectivity index is 1.77. The van der Waals surface area contributed by atoms with Crippen LogP contribution in [0.5, 0.6) is 11.5 Å². The summed E-state index contributed by atoms with van der Waals surface area (Å²) in [7, 11) is -3.76. The zero-order chi connectivity index (χ0) is 22.9. The van der Waals surface area contributed by atoms with Gasteiger partial charge in [-0.1, -0.05) is 23.8 Å². The number of aryl methyl sites for hydroxylation is 1. The first-order chi connectivity index (χ1) is 15.3. The zero-order valence-corrected chi connectivity index (χ0v) is 19.8. The fourth-order valence-corrected chi connectivity index (χ4v) is 6.71. The maximum atomic E-state index is 13.3. The lowest BCUT2D eigenvalue weighted by atomic mass is 9.90. The van der Waals surface area contributed by atoms with Gasteiger partial charge >= 0.3 is 0 Å². The average molecular weight is 472 g/mol. The predicted molar refractivity (Wildman–Crippen MR) is 125 cm³/mol. The number of ether oxygens (including phenoxy) is 2. The SMILES string of the molecule is CCOc1ccc(C2CC(=O)Nc3c(S(=O)(=O)c4ccc(C)cc4)csc32)cc1OCC. The molecular formula is C24H25NO5S2. The number of carbonyl (C=O) groups excluding carboxylic acids is 1. The van der Waals surface area contributed by atoms with Crippen molar-refractivity contribution >= 4 is 32.8 Å². The molecule has 0 bridgehead atoms. The summed E-state index contributed by atoms with van der Waals surface area (Å²) in [6.45, 7) is 6.71. The van der Waals surface area contributed by atoms with Crippen molar-refractivity contribution in [2.24, 2.45) is 0 Å². The minimum absolute atomic E-state index is 0.135. The van der Waals surface area contributed by atoms with Gasteiger partial charge in [0.05, 0.1) is 23.8 Å². The van der Waals surface area contributed by atoms with Crippen LogP contribution in [0.3, 0.4) is 0 Å².